The van der Waals surface area contributed by atoms with Crippen LogP contribution in [0, 0.1) is 0 Å². The summed E-state index contributed by atoms with van der Waals surface area (Å²) >= 11 is 0. The van der Waals surface area contributed by atoms with Crippen molar-refractivity contribution in [2.75, 3.05) is 0 Å². The molecule has 0 radical (unpaired) electrons. The Balaban J connectivity index is 0.000000393. The Hall–Kier alpha value is -3.87. The molecule has 4 aromatic carbocycles. The minimum absolute atomic E-state index is 1.18. The molecule has 0 aliphatic carbocycles. The van der Waals surface area contributed by atoms with E-state index >= 15 is 0 Å². The molecule has 0 saturated carbocycles. The molecule has 5 aromatic rings. The number of aromatic amines is 1. The summed E-state index contributed by atoms with van der Waals surface area (Å²) < 4.78 is 39.0. The van der Waals surface area contributed by atoms with Gasteiger partial charge in [-0.05, 0) is 53.3 Å². The molecule has 6 rings (SSSR count). The van der Waals surface area contributed by atoms with Crippen LogP contribution in [0.4, 0.5) is 23.0 Å². The molecule has 0 saturated heterocycles. The Kier molecular flexibility index (Phi) is 4.81. The number of hydrogen-bond donors (Lipinski definition) is 2. The fourth-order valence-corrected chi connectivity index (χ4v) is 4.10. The van der Waals surface area contributed by atoms with Gasteiger partial charge in [-0.1, -0.05) is 36.4 Å². The third-order valence-electron chi connectivity index (χ3n) is 5.39. The molecular weight excluding hydrogens is 415 g/mol. The maximum Gasteiger partial charge on any atom is 0.673 e. The Morgan fingerprint density at radius 3 is 2.25 bits per heavy atom. The van der Waals surface area contributed by atoms with Crippen molar-refractivity contribution in [3.63, 3.8) is 0 Å². The smallest absolute Gasteiger partial charge is 0.418 e. The Morgan fingerprint density at radius 1 is 0.688 bits per heavy atom. The lowest BCUT2D eigenvalue weighted by Crippen LogP contribution is -2.68. The average molecular weight is 432 g/mol. The van der Waals surface area contributed by atoms with E-state index in [4.69, 9.17) is 0 Å². The molecule has 1 aromatic heterocycles. The molecule has 2 nitrogen and oxygen atoms in total. The van der Waals surface area contributed by atoms with Crippen molar-refractivity contribution in [3.05, 3.63) is 101 Å². The maximum atomic E-state index is 9.75. The highest BCUT2D eigenvalue weighted by molar-refractivity contribution is 6.50. The van der Waals surface area contributed by atoms with Crippen molar-refractivity contribution in [3.8, 4) is 11.1 Å². The van der Waals surface area contributed by atoms with Gasteiger partial charge in [0.05, 0.1) is 11.1 Å². The number of hydrogen-bond acceptors (Lipinski definition) is 0. The highest BCUT2D eigenvalue weighted by Gasteiger charge is 2.20. The number of halogens is 4. The Labute approximate surface area is 180 Å². The molecule has 2 heterocycles. The van der Waals surface area contributed by atoms with E-state index in [0.717, 1.165) is 0 Å². The van der Waals surface area contributed by atoms with Crippen LogP contribution in [0.25, 0.3) is 39.0 Å². The summed E-state index contributed by atoms with van der Waals surface area (Å²) in [5, 5.41) is 4.94. The largest absolute Gasteiger partial charge is 0.673 e. The highest BCUT2D eigenvalue weighted by atomic mass is 19.5. The van der Waals surface area contributed by atoms with Gasteiger partial charge in [0, 0.05) is 33.9 Å². The van der Waals surface area contributed by atoms with Crippen LogP contribution in [0.1, 0.15) is 5.56 Å². The van der Waals surface area contributed by atoms with Crippen LogP contribution in [0.3, 0.4) is 0 Å². The Morgan fingerprint density at radius 2 is 1.41 bits per heavy atom. The summed E-state index contributed by atoms with van der Waals surface area (Å²) in [6.45, 7) is 0. The highest BCUT2D eigenvalue weighted by Crippen LogP contribution is 2.26. The zero-order valence-electron chi connectivity index (χ0n) is 16.7. The molecule has 7 heteroatoms. The number of nitrogens with one attached hydrogen (secondary N) is 2. The topological polar surface area (TPSA) is 29.8 Å². The molecule has 32 heavy (non-hydrogen) atoms. The Bertz CT molecular complexity index is 1580. The van der Waals surface area contributed by atoms with Crippen LogP contribution in [-0.2, 0) is 0 Å². The normalized spacial score (nSPS) is 12.8. The third kappa shape index (κ3) is 4.01. The van der Waals surface area contributed by atoms with Crippen molar-refractivity contribution in [1.29, 1.82) is 0 Å². The first-order chi connectivity index (χ1) is 15.3. The van der Waals surface area contributed by atoms with E-state index in [-0.39, 0.29) is 0 Å². The number of fused-ring (bicyclic) bond motifs is 6. The van der Waals surface area contributed by atoms with Gasteiger partial charge in [0.1, 0.15) is 0 Å². The minimum atomic E-state index is -6.00. The van der Waals surface area contributed by atoms with Gasteiger partial charge >= 0.3 is 7.25 Å². The quantitative estimate of drug-likeness (QED) is 0.284. The zero-order chi connectivity index (χ0) is 22.3. The maximum absolute atomic E-state index is 9.75. The number of aromatic nitrogens is 1. The fraction of sp³-hybridized carbons (Fsp3) is 0. The molecule has 1 aliphatic rings. The van der Waals surface area contributed by atoms with Crippen molar-refractivity contribution in [1.82, 2.24) is 4.98 Å². The first-order valence-corrected chi connectivity index (χ1v) is 10.1. The van der Waals surface area contributed by atoms with Gasteiger partial charge < -0.3 is 22.2 Å². The molecule has 0 amide bonds. The summed E-state index contributed by atoms with van der Waals surface area (Å²) in [5.41, 5.74) is 7.31. The lowest BCUT2D eigenvalue weighted by Gasteiger charge is -1.97. The number of benzene rings is 4. The summed E-state index contributed by atoms with van der Waals surface area (Å²) in [4.78, 5) is 6.98. The van der Waals surface area contributed by atoms with Crippen LogP contribution in [0.5, 0.6) is 0 Å². The number of H-pyrrole nitrogens is 1. The summed E-state index contributed by atoms with van der Waals surface area (Å²) in [6.07, 6.45) is 2.25. The second-order valence-electron chi connectivity index (χ2n) is 7.59. The second kappa shape index (κ2) is 7.68. The van der Waals surface area contributed by atoms with Crippen LogP contribution >= 0.6 is 0 Å². The first kappa shape index (κ1) is 20.1. The molecule has 0 spiro atoms. The molecule has 0 bridgehead atoms. The van der Waals surface area contributed by atoms with E-state index in [1.807, 2.05) is 0 Å². The van der Waals surface area contributed by atoms with Gasteiger partial charge in [-0.3, -0.25) is 0 Å². The lowest BCUT2D eigenvalue weighted by atomic mass is 10.0. The zero-order valence-corrected chi connectivity index (χ0v) is 16.7. The van der Waals surface area contributed by atoms with E-state index in [9.17, 15) is 17.3 Å². The summed E-state index contributed by atoms with van der Waals surface area (Å²) in [6, 6.07) is 30.2. The minimum Gasteiger partial charge on any atom is -0.418 e. The number of rotatable bonds is 1. The lowest BCUT2D eigenvalue weighted by molar-refractivity contribution is -0.397. The molecule has 0 fully saturated rings. The van der Waals surface area contributed by atoms with Crippen molar-refractivity contribution in [2.45, 2.75) is 0 Å². The summed E-state index contributed by atoms with van der Waals surface area (Å²) in [7, 11) is -6.00. The molecule has 0 unspecified atom stereocenters. The SMILES string of the molecule is C(/c1ccc2[nH]c3ccccc3c2c1)=c1/ccc2c(c1)-c1ccccc1[NH+]=2.F[B-](F)(F)F. The molecule has 1 aliphatic heterocycles. The monoisotopic (exact) mass is 432 g/mol. The average Bonchev–Trinajstić information content (AvgIpc) is 3.30. The molecule has 0 atom stereocenters. The van der Waals surface area contributed by atoms with Gasteiger partial charge in [-0.2, -0.15) is 0 Å². The van der Waals surface area contributed by atoms with Gasteiger partial charge in [0.2, 0.25) is 11.0 Å². The van der Waals surface area contributed by atoms with Crippen LogP contribution in [-0.4, -0.2) is 12.2 Å². The van der Waals surface area contributed by atoms with E-state index in [2.05, 4.69) is 101 Å². The standard InChI is InChI=1S/C25H16N2.BF4/c1-3-7-22-18(5-1)20-14-16(9-11-24(20)26-22)13-17-10-12-25-21(15-17)19-6-2-4-8-23(19)27-25;2-1(3,4)5/h1-15,26H;/q;-1/p+1/b17-13+;. The van der Waals surface area contributed by atoms with E-state index in [0.29, 0.717) is 0 Å². The fourth-order valence-electron chi connectivity index (χ4n) is 4.10. The van der Waals surface area contributed by atoms with Gasteiger partial charge in [0.25, 0.3) is 0 Å². The second-order valence-corrected chi connectivity index (χ2v) is 7.59. The predicted molar refractivity (Wildman–Crippen MR) is 120 cm³/mol. The van der Waals surface area contributed by atoms with Crippen molar-refractivity contribution < 1.29 is 22.3 Å². The van der Waals surface area contributed by atoms with Crippen LogP contribution in [0.15, 0.2) is 84.9 Å². The van der Waals surface area contributed by atoms with Crippen LogP contribution < -0.4 is 15.6 Å². The van der Waals surface area contributed by atoms with E-state index in [1.165, 1.54) is 54.8 Å². The molecule has 2 N–H and O–H groups in total. The van der Waals surface area contributed by atoms with E-state index < -0.39 is 7.25 Å². The predicted octanol–water partition coefficient (Wildman–Crippen LogP) is 4.46. The van der Waals surface area contributed by atoms with Crippen molar-refractivity contribution in [2.24, 2.45) is 0 Å². The first-order valence-electron chi connectivity index (χ1n) is 10.1. The van der Waals surface area contributed by atoms with Crippen LogP contribution in [0.2, 0.25) is 0 Å². The number of para-hydroxylation sites is 2. The van der Waals surface area contributed by atoms with E-state index in [1.54, 1.807) is 0 Å². The molecular formula is C25H17BF4N2. The van der Waals surface area contributed by atoms with Gasteiger partial charge in [0.15, 0.2) is 0 Å². The molecule has 158 valence electrons. The summed E-state index contributed by atoms with van der Waals surface area (Å²) in [5.74, 6) is 0. The third-order valence-corrected chi connectivity index (χ3v) is 5.39. The van der Waals surface area contributed by atoms with Crippen molar-refractivity contribution >= 4 is 40.8 Å². The van der Waals surface area contributed by atoms with Gasteiger partial charge in [-0.15, -0.1) is 0 Å². The van der Waals surface area contributed by atoms with Gasteiger partial charge in [-0.25, -0.2) is 4.99 Å².